The molecule has 0 saturated carbocycles. The predicted octanol–water partition coefficient (Wildman–Crippen LogP) is 2.96. The second kappa shape index (κ2) is 7.98. The third-order valence-electron chi connectivity index (χ3n) is 2.76. The topological polar surface area (TPSA) is 53.8 Å². The van der Waals surface area contributed by atoms with E-state index in [1.807, 2.05) is 46.8 Å². The summed E-state index contributed by atoms with van der Waals surface area (Å²) in [5.41, 5.74) is -0.317. The zero-order chi connectivity index (χ0) is 13.3. The lowest BCUT2D eigenvalue weighted by Gasteiger charge is -2.22. The Hall–Kier alpha value is -1.19. The SMILES string of the molecule is CC=CC(CNC(=O)C(C)(C)CC)/N=N\CC. The van der Waals surface area contributed by atoms with Gasteiger partial charge >= 0.3 is 0 Å². The van der Waals surface area contributed by atoms with E-state index in [4.69, 9.17) is 0 Å². The van der Waals surface area contributed by atoms with Crippen molar-refractivity contribution >= 4 is 5.91 Å². The smallest absolute Gasteiger partial charge is 0.225 e. The van der Waals surface area contributed by atoms with Gasteiger partial charge in [0, 0.05) is 12.0 Å². The molecule has 0 aliphatic carbocycles. The van der Waals surface area contributed by atoms with Crippen LogP contribution in [-0.4, -0.2) is 25.0 Å². The summed E-state index contributed by atoms with van der Waals surface area (Å²) >= 11 is 0. The van der Waals surface area contributed by atoms with Gasteiger partial charge in [0.2, 0.25) is 5.91 Å². The van der Waals surface area contributed by atoms with E-state index in [1.165, 1.54) is 0 Å². The Labute approximate surface area is 105 Å². The molecular formula is C13H25N3O. The number of amides is 1. The van der Waals surface area contributed by atoms with Gasteiger partial charge in [-0.15, -0.1) is 0 Å². The molecule has 1 amide bonds. The zero-order valence-corrected chi connectivity index (χ0v) is 11.7. The van der Waals surface area contributed by atoms with E-state index in [0.29, 0.717) is 13.1 Å². The molecule has 0 spiro atoms. The molecule has 0 aromatic heterocycles. The normalized spacial score (nSPS) is 14.4. The van der Waals surface area contributed by atoms with Gasteiger partial charge in [0.25, 0.3) is 0 Å². The lowest BCUT2D eigenvalue weighted by atomic mass is 9.89. The molecule has 1 atom stereocenters. The van der Waals surface area contributed by atoms with Crippen molar-refractivity contribution in [2.24, 2.45) is 15.6 Å². The van der Waals surface area contributed by atoms with Crippen LogP contribution in [0.5, 0.6) is 0 Å². The highest BCUT2D eigenvalue weighted by atomic mass is 16.2. The summed E-state index contributed by atoms with van der Waals surface area (Å²) < 4.78 is 0. The van der Waals surface area contributed by atoms with Crippen LogP contribution in [0.15, 0.2) is 22.4 Å². The van der Waals surface area contributed by atoms with Gasteiger partial charge < -0.3 is 5.32 Å². The number of nitrogens with zero attached hydrogens (tertiary/aromatic N) is 2. The fourth-order valence-electron chi connectivity index (χ4n) is 1.15. The highest BCUT2D eigenvalue weighted by Crippen LogP contribution is 2.19. The number of allylic oxidation sites excluding steroid dienone is 1. The van der Waals surface area contributed by atoms with E-state index in [2.05, 4.69) is 15.5 Å². The number of hydrogen-bond donors (Lipinski definition) is 1. The molecule has 0 bridgehead atoms. The van der Waals surface area contributed by atoms with Gasteiger partial charge in [-0.3, -0.25) is 4.79 Å². The van der Waals surface area contributed by atoms with Crippen molar-refractivity contribution < 1.29 is 4.79 Å². The molecule has 0 aliphatic rings. The van der Waals surface area contributed by atoms with E-state index in [0.717, 1.165) is 6.42 Å². The summed E-state index contributed by atoms with van der Waals surface area (Å²) in [6.45, 7) is 11.0. The van der Waals surface area contributed by atoms with E-state index in [1.54, 1.807) is 0 Å². The summed E-state index contributed by atoms with van der Waals surface area (Å²) in [5.74, 6) is 0.0706. The standard InChI is InChI=1S/C13H25N3O/c1-6-9-11(16-15-8-3)10-14-12(17)13(4,5)7-2/h6,9,11H,7-8,10H2,1-5H3,(H,14,17)/b9-6?,16-15-. The minimum atomic E-state index is -0.317. The molecule has 0 aromatic carbocycles. The summed E-state index contributed by atoms with van der Waals surface area (Å²) in [4.78, 5) is 11.9. The van der Waals surface area contributed by atoms with Crippen LogP contribution in [0.1, 0.15) is 41.0 Å². The fraction of sp³-hybridized carbons (Fsp3) is 0.769. The van der Waals surface area contributed by atoms with Crippen LogP contribution >= 0.6 is 0 Å². The van der Waals surface area contributed by atoms with Gasteiger partial charge in [0.1, 0.15) is 6.04 Å². The van der Waals surface area contributed by atoms with Gasteiger partial charge in [-0.2, -0.15) is 10.2 Å². The molecule has 0 fully saturated rings. The maximum Gasteiger partial charge on any atom is 0.225 e. The molecule has 0 heterocycles. The van der Waals surface area contributed by atoms with Crippen LogP contribution < -0.4 is 5.32 Å². The highest BCUT2D eigenvalue weighted by Gasteiger charge is 2.25. The number of azo groups is 1. The van der Waals surface area contributed by atoms with Crippen molar-refractivity contribution in [3.8, 4) is 0 Å². The maximum atomic E-state index is 11.9. The lowest BCUT2D eigenvalue weighted by molar-refractivity contribution is -0.129. The average Bonchev–Trinajstić information content (AvgIpc) is 2.32. The van der Waals surface area contributed by atoms with E-state index in [-0.39, 0.29) is 17.4 Å². The molecule has 0 saturated heterocycles. The number of rotatable bonds is 7. The number of nitrogens with one attached hydrogen (secondary N) is 1. The maximum absolute atomic E-state index is 11.9. The monoisotopic (exact) mass is 239 g/mol. The third kappa shape index (κ3) is 6.19. The van der Waals surface area contributed by atoms with Crippen LogP contribution in [0, 0.1) is 5.41 Å². The second-order valence-electron chi connectivity index (χ2n) is 4.61. The van der Waals surface area contributed by atoms with Crippen LogP contribution in [0.25, 0.3) is 0 Å². The third-order valence-corrected chi connectivity index (χ3v) is 2.76. The van der Waals surface area contributed by atoms with Crippen LogP contribution in [0.4, 0.5) is 0 Å². The van der Waals surface area contributed by atoms with Crippen molar-refractivity contribution in [2.75, 3.05) is 13.1 Å². The highest BCUT2D eigenvalue weighted by molar-refractivity contribution is 5.81. The zero-order valence-electron chi connectivity index (χ0n) is 11.7. The molecule has 0 rings (SSSR count). The van der Waals surface area contributed by atoms with Crippen molar-refractivity contribution in [2.45, 2.75) is 47.1 Å². The van der Waals surface area contributed by atoms with Gasteiger partial charge in [-0.05, 0) is 20.3 Å². The van der Waals surface area contributed by atoms with Crippen molar-refractivity contribution in [3.63, 3.8) is 0 Å². The average molecular weight is 239 g/mol. The molecule has 0 radical (unpaired) electrons. The van der Waals surface area contributed by atoms with Gasteiger partial charge in [-0.1, -0.05) is 32.9 Å². The first-order valence-electron chi connectivity index (χ1n) is 6.25. The van der Waals surface area contributed by atoms with Gasteiger partial charge in [0.05, 0.1) is 6.54 Å². The number of carbonyl (C=O) groups is 1. The Morgan fingerprint density at radius 1 is 1.41 bits per heavy atom. The van der Waals surface area contributed by atoms with Crippen molar-refractivity contribution in [3.05, 3.63) is 12.2 Å². The summed E-state index contributed by atoms with van der Waals surface area (Å²) in [7, 11) is 0. The van der Waals surface area contributed by atoms with Crippen LogP contribution in [0.2, 0.25) is 0 Å². The van der Waals surface area contributed by atoms with E-state index in [9.17, 15) is 4.79 Å². The molecular weight excluding hydrogens is 214 g/mol. The van der Waals surface area contributed by atoms with Crippen LogP contribution in [-0.2, 0) is 4.79 Å². The Morgan fingerprint density at radius 3 is 2.53 bits per heavy atom. The first-order valence-corrected chi connectivity index (χ1v) is 6.25. The summed E-state index contributed by atoms with van der Waals surface area (Å²) in [6.07, 6.45) is 4.69. The molecule has 17 heavy (non-hydrogen) atoms. The molecule has 4 heteroatoms. The Kier molecular flexibility index (Phi) is 7.42. The second-order valence-corrected chi connectivity index (χ2v) is 4.61. The Morgan fingerprint density at radius 2 is 2.06 bits per heavy atom. The number of carbonyl (C=O) groups excluding carboxylic acids is 1. The fourth-order valence-corrected chi connectivity index (χ4v) is 1.15. The minimum absolute atomic E-state index is 0.0587. The molecule has 1 unspecified atom stereocenters. The quantitative estimate of drug-likeness (QED) is 0.539. The molecule has 4 nitrogen and oxygen atoms in total. The minimum Gasteiger partial charge on any atom is -0.353 e. The van der Waals surface area contributed by atoms with Gasteiger partial charge in [-0.25, -0.2) is 0 Å². The first kappa shape index (κ1) is 15.8. The lowest BCUT2D eigenvalue weighted by Crippen LogP contribution is -2.39. The first-order chi connectivity index (χ1) is 7.97. The summed E-state index contributed by atoms with van der Waals surface area (Å²) in [6, 6.07) is -0.0587. The van der Waals surface area contributed by atoms with Crippen molar-refractivity contribution in [1.82, 2.24) is 5.32 Å². The molecule has 0 aliphatic heterocycles. The van der Waals surface area contributed by atoms with Gasteiger partial charge in [0.15, 0.2) is 0 Å². The largest absolute Gasteiger partial charge is 0.353 e. The Bertz CT molecular complexity index is 282. The molecule has 1 N–H and O–H groups in total. The number of hydrogen-bond acceptors (Lipinski definition) is 3. The molecule has 0 aromatic rings. The van der Waals surface area contributed by atoms with Crippen LogP contribution in [0.3, 0.4) is 0 Å². The van der Waals surface area contributed by atoms with E-state index >= 15 is 0 Å². The van der Waals surface area contributed by atoms with E-state index < -0.39 is 0 Å². The Balaban J connectivity index is 4.31. The predicted molar refractivity (Wildman–Crippen MR) is 71.1 cm³/mol. The van der Waals surface area contributed by atoms with Crippen molar-refractivity contribution in [1.29, 1.82) is 0 Å². The molecule has 98 valence electrons. The summed E-state index contributed by atoms with van der Waals surface area (Å²) in [5, 5.41) is 11.0.